The Labute approximate surface area is 140 Å². The first kappa shape index (κ1) is 22.1. The standard InChI is InChI=1S/C18H40O3Si/c1-11-18(13(2)3)17(10)12-22(19-14(4)5,20-15(6)7)21-16(8)9/h13-18H,11-12H2,1-10H3. The van der Waals surface area contributed by atoms with Gasteiger partial charge < -0.3 is 13.3 Å². The van der Waals surface area contributed by atoms with Crippen molar-refractivity contribution >= 4 is 8.80 Å². The average Bonchev–Trinajstić information content (AvgIpc) is 2.24. The highest BCUT2D eigenvalue weighted by Gasteiger charge is 2.46. The van der Waals surface area contributed by atoms with E-state index in [0.717, 1.165) is 6.04 Å². The first-order valence-corrected chi connectivity index (χ1v) is 11.0. The molecular weight excluding hydrogens is 292 g/mol. The fourth-order valence-corrected chi connectivity index (χ4v) is 7.08. The molecule has 0 aliphatic heterocycles. The quantitative estimate of drug-likeness (QED) is 0.466. The smallest absolute Gasteiger partial charge is 0.371 e. The Kier molecular flexibility index (Phi) is 10.1. The Hall–Kier alpha value is 0.0969. The van der Waals surface area contributed by atoms with E-state index in [0.29, 0.717) is 17.8 Å². The van der Waals surface area contributed by atoms with Gasteiger partial charge in [-0.05, 0) is 59.3 Å². The summed E-state index contributed by atoms with van der Waals surface area (Å²) >= 11 is 0. The minimum Gasteiger partial charge on any atom is -0.371 e. The largest absolute Gasteiger partial charge is 0.501 e. The molecule has 0 saturated heterocycles. The zero-order valence-electron chi connectivity index (χ0n) is 16.6. The summed E-state index contributed by atoms with van der Waals surface area (Å²) < 4.78 is 18.9. The van der Waals surface area contributed by atoms with Crippen LogP contribution in [-0.2, 0) is 13.3 Å². The fourth-order valence-electron chi connectivity index (χ4n) is 3.38. The van der Waals surface area contributed by atoms with Gasteiger partial charge >= 0.3 is 8.80 Å². The van der Waals surface area contributed by atoms with Crippen molar-refractivity contribution in [3.8, 4) is 0 Å². The van der Waals surface area contributed by atoms with Crippen LogP contribution in [0.1, 0.15) is 75.7 Å². The van der Waals surface area contributed by atoms with Crippen molar-refractivity contribution in [2.24, 2.45) is 17.8 Å². The van der Waals surface area contributed by atoms with Gasteiger partial charge in [0.25, 0.3) is 0 Å². The van der Waals surface area contributed by atoms with E-state index in [1.165, 1.54) is 6.42 Å². The summed E-state index contributed by atoms with van der Waals surface area (Å²) in [5.74, 6) is 1.88. The third kappa shape index (κ3) is 8.09. The summed E-state index contributed by atoms with van der Waals surface area (Å²) in [6, 6.07) is 0.901. The van der Waals surface area contributed by atoms with Crippen LogP contribution in [0, 0.1) is 17.8 Å². The monoisotopic (exact) mass is 332 g/mol. The lowest BCUT2D eigenvalue weighted by Gasteiger charge is -2.38. The zero-order valence-corrected chi connectivity index (χ0v) is 17.6. The van der Waals surface area contributed by atoms with Gasteiger partial charge in [-0.15, -0.1) is 0 Å². The molecule has 0 rings (SSSR count). The number of hydrogen-bond acceptors (Lipinski definition) is 3. The van der Waals surface area contributed by atoms with E-state index in [1.54, 1.807) is 0 Å². The minimum atomic E-state index is -2.67. The lowest BCUT2D eigenvalue weighted by molar-refractivity contribution is -0.00180. The highest BCUT2D eigenvalue weighted by atomic mass is 28.4. The maximum absolute atomic E-state index is 6.30. The Bertz CT molecular complexity index is 264. The predicted molar refractivity (Wildman–Crippen MR) is 97.0 cm³/mol. The average molecular weight is 333 g/mol. The van der Waals surface area contributed by atoms with E-state index in [9.17, 15) is 0 Å². The van der Waals surface area contributed by atoms with E-state index in [-0.39, 0.29) is 18.3 Å². The molecule has 0 N–H and O–H groups in total. The van der Waals surface area contributed by atoms with Gasteiger partial charge in [0, 0.05) is 24.4 Å². The molecular formula is C18H40O3Si. The fraction of sp³-hybridized carbons (Fsp3) is 1.00. The molecule has 0 heterocycles. The molecule has 0 aliphatic carbocycles. The predicted octanol–water partition coefficient (Wildman–Crippen LogP) is 5.52. The second kappa shape index (κ2) is 10.1. The molecule has 0 aliphatic rings. The molecule has 3 nitrogen and oxygen atoms in total. The van der Waals surface area contributed by atoms with Crippen molar-refractivity contribution in [3.63, 3.8) is 0 Å². The van der Waals surface area contributed by atoms with Gasteiger partial charge in [-0.1, -0.05) is 34.1 Å². The Morgan fingerprint density at radius 3 is 1.27 bits per heavy atom. The molecule has 0 aromatic carbocycles. The van der Waals surface area contributed by atoms with Crippen molar-refractivity contribution in [2.75, 3.05) is 0 Å². The highest BCUT2D eigenvalue weighted by molar-refractivity contribution is 6.61. The lowest BCUT2D eigenvalue weighted by Crippen LogP contribution is -2.52. The molecule has 0 radical (unpaired) electrons. The molecule has 0 spiro atoms. The Balaban J connectivity index is 5.32. The van der Waals surface area contributed by atoms with E-state index >= 15 is 0 Å². The molecule has 0 aromatic heterocycles. The first-order chi connectivity index (χ1) is 10.0. The Morgan fingerprint density at radius 2 is 1.05 bits per heavy atom. The van der Waals surface area contributed by atoms with Gasteiger partial charge in [0.2, 0.25) is 0 Å². The van der Waals surface area contributed by atoms with Crippen LogP contribution in [0.2, 0.25) is 6.04 Å². The molecule has 0 amide bonds. The minimum absolute atomic E-state index is 0.121. The van der Waals surface area contributed by atoms with Crippen molar-refractivity contribution in [3.05, 3.63) is 0 Å². The zero-order chi connectivity index (χ0) is 17.5. The molecule has 22 heavy (non-hydrogen) atoms. The first-order valence-electron chi connectivity index (χ1n) is 9.06. The van der Waals surface area contributed by atoms with Crippen LogP contribution in [0.4, 0.5) is 0 Å². The lowest BCUT2D eigenvalue weighted by atomic mass is 9.83. The van der Waals surface area contributed by atoms with Crippen molar-refractivity contribution in [1.82, 2.24) is 0 Å². The second-order valence-electron chi connectivity index (χ2n) is 7.68. The molecule has 0 aromatic rings. The summed E-state index contributed by atoms with van der Waals surface area (Å²) in [4.78, 5) is 0. The van der Waals surface area contributed by atoms with Crippen LogP contribution in [-0.4, -0.2) is 27.1 Å². The van der Waals surface area contributed by atoms with Crippen molar-refractivity contribution in [1.29, 1.82) is 0 Å². The van der Waals surface area contributed by atoms with Crippen molar-refractivity contribution in [2.45, 2.75) is 100 Å². The van der Waals surface area contributed by atoms with Gasteiger partial charge in [-0.3, -0.25) is 0 Å². The van der Waals surface area contributed by atoms with Crippen LogP contribution in [0.15, 0.2) is 0 Å². The topological polar surface area (TPSA) is 27.7 Å². The summed E-state index contributed by atoms with van der Waals surface area (Å²) in [7, 11) is -2.67. The second-order valence-corrected chi connectivity index (χ2v) is 10.2. The van der Waals surface area contributed by atoms with Gasteiger partial charge in [-0.2, -0.15) is 0 Å². The SMILES string of the molecule is CCC(C(C)C)C(C)C[Si](OC(C)C)(OC(C)C)OC(C)C. The molecule has 0 bridgehead atoms. The van der Waals surface area contributed by atoms with Gasteiger partial charge in [0.1, 0.15) is 0 Å². The maximum atomic E-state index is 6.30. The van der Waals surface area contributed by atoms with Crippen molar-refractivity contribution < 1.29 is 13.3 Å². The third-order valence-corrected chi connectivity index (χ3v) is 7.51. The molecule has 0 fully saturated rings. The van der Waals surface area contributed by atoms with Crippen LogP contribution < -0.4 is 0 Å². The number of rotatable bonds is 11. The Morgan fingerprint density at radius 1 is 0.682 bits per heavy atom. The summed E-state index contributed by atoms with van der Waals surface area (Å²) in [6.07, 6.45) is 1.55. The van der Waals surface area contributed by atoms with Gasteiger partial charge in [0.05, 0.1) is 0 Å². The highest BCUT2D eigenvalue weighted by Crippen LogP contribution is 2.34. The van der Waals surface area contributed by atoms with Crippen LogP contribution in [0.5, 0.6) is 0 Å². The van der Waals surface area contributed by atoms with Crippen LogP contribution in [0.3, 0.4) is 0 Å². The van der Waals surface area contributed by atoms with Crippen LogP contribution >= 0.6 is 0 Å². The summed E-state index contributed by atoms with van der Waals surface area (Å²) in [6.45, 7) is 21.6. The molecule has 2 unspecified atom stereocenters. The van der Waals surface area contributed by atoms with Crippen LogP contribution in [0.25, 0.3) is 0 Å². The van der Waals surface area contributed by atoms with E-state index < -0.39 is 8.80 Å². The normalized spacial score (nSPS) is 16.1. The van der Waals surface area contributed by atoms with E-state index in [1.807, 2.05) is 0 Å². The maximum Gasteiger partial charge on any atom is 0.501 e. The molecule has 0 saturated carbocycles. The van der Waals surface area contributed by atoms with Gasteiger partial charge in [-0.25, -0.2) is 0 Å². The third-order valence-electron chi connectivity index (χ3n) is 3.88. The van der Waals surface area contributed by atoms with E-state index in [2.05, 4.69) is 69.2 Å². The molecule has 134 valence electrons. The van der Waals surface area contributed by atoms with Gasteiger partial charge in [0.15, 0.2) is 0 Å². The molecule has 4 heteroatoms. The molecule has 2 atom stereocenters. The number of hydrogen-bond donors (Lipinski definition) is 0. The van der Waals surface area contributed by atoms with E-state index in [4.69, 9.17) is 13.3 Å². The summed E-state index contributed by atoms with van der Waals surface area (Å²) in [5, 5.41) is 0. The summed E-state index contributed by atoms with van der Waals surface area (Å²) in [5.41, 5.74) is 0.